The number of H-pyrrole nitrogens is 1. The first-order valence-corrected chi connectivity index (χ1v) is 7.43. The molecular weight excluding hydrogens is 254 g/mol. The minimum absolute atomic E-state index is 0.563. The van der Waals surface area contributed by atoms with Gasteiger partial charge in [0.2, 0.25) is 11.8 Å². The van der Waals surface area contributed by atoms with Gasteiger partial charge in [-0.2, -0.15) is 9.97 Å². The van der Waals surface area contributed by atoms with E-state index in [-0.39, 0.29) is 0 Å². The van der Waals surface area contributed by atoms with E-state index in [0.29, 0.717) is 24.1 Å². The fourth-order valence-corrected chi connectivity index (χ4v) is 2.02. The summed E-state index contributed by atoms with van der Waals surface area (Å²) in [5.41, 5.74) is 1.40. The second-order valence-electron chi connectivity index (χ2n) is 4.75. The molecule has 6 heteroatoms. The molecule has 0 atom stereocenters. The second-order valence-corrected chi connectivity index (χ2v) is 4.75. The molecule has 0 radical (unpaired) electrons. The van der Waals surface area contributed by atoms with Crippen LogP contribution in [0, 0.1) is 0 Å². The SMILES string of the molecule is CCCCCCCOc1nc(NCC)nc2nc[nH]c12. The summed E-state index contributed by atoms with van der Waals surface area (Å²) in [5, 5.41) is 3.09. The molecule has 0 aliphatic rings. The molecule has 6 nitrogen and oxygen atoms in total. The number of imidazole rings is 1. The highest BCUT2D eigenvalue weighted by Crippen LogP contribution is 2.21. The smallest absolute Gasteiger partial charge is 0.245 e. The van der Waals surface area contributed by atoms with E-state index in [4.69, 9.17) is 4.74 Å². The van der Waals surface area contributed by atoms with Crippen molar-refractivity contribution in [1.29, 1.82) is 0 Å². The molecule has 2 N–H and O–H groups in total. The highest BCUT2D eigenvalue weighted by molar-refractivity contribution is 5.76. The Kier molecular flexibility index (Phi) is 5.58. The van der Waals surface area contributed by atoms with E-state index in [1.54, 1.807) is 6.33 Å². The van der Waals surface area contributed by atoms with Crippen molar-refractivity contribution >= 4 is 17.1 Å². The van der Waals surface area contributed by atoms with Crippen molar-refractivity contribution in [1.82, 2.24) is 19.9 Å². The van der Waals surface area contributed by atoms with Crippen LogP contribution in [0.2, 0.25) is 0 Å². The van der Waals surface area contributed by atoms with Gasteiger partial charge in [0.25, 0.3) is 0 Å². The van der Waals surface area contributed by atoms with Crippen LogP contribution in [-0.4, -0.2) is 33.1 Å². The standard InChI is InChI=1S/C14H23N5O/c1-3-5-6-7-8-9-20-13-11-12(17-10-16-11)18-14(19-13)15-4-2/h10H,3-9H2,1-2H3,(H2,15,16,17,18,19). The van der Waals surface area contributed by atoms with Crippen LogP contribution in [0.25, 0.3) is 11.2 Å². The van der Waals surface area contributed by atoms with Crippen molar-refractivity contribution < 1.29 is 4.74 Å². The number of rotatable bonds is 9. The Hall–Kier alpha value is -1.85. The number of fused-ring (bicyclic) bond motifs is 1. The molecular formula is C14H23N5O. The number of hydrogen-bond acceptors (Lipinski definition) is 5. The summed E-state index contributed by atoms with van der Waals surface area (Å²) in [4.78, 5) is 15.9. The third-order valence-corrected chi connectivity index (χ3v) is 3.07. The molecule has 0 amide bonds. The summed E-state index contributed by atoms with van der Waals surface area (Å²) in [6, 6.07) is 0. The molecule has 20 heavy (non-hydrogen) atoms. The predicted molar refractivity (Wildman–Crippen MR) is 80.1 cm³/mol. The van der Waals surface area contributed by atoms with Gasteiger partial charge in [0.15, 0.2) is 5.65 Å². The molecule has 0 spiro atoms. The van der Waals surface area contributed by atoms with E-state index in [1.165, 1.54) is 25.7 Å². The summed E-state index contributed by atoms with van der Waals surface area (Å²) in [7, 11) is 0. The van der Waals surface area contributed by atoms with Crippen LogP contribution < -0.4 is 10.1 Å². The van der Waals surface area contributed by atoms with E-state index < -0.39 is 0 Å². The topological polar surface area (TPSA) is 75.7 Å². The molecule has 0 unspecified atom stereocenters. The number of hydrogen-bond donors (Lipinski definition) is 2. The normalized spacial score (nSPS) is 10.9. The van der Waals surface area contributed by atoms with Crippen LogP contribution in [0.4, 0.5) is 5.95 Å². The zero-order valence-electron chi connectivity index (χ0n) is 12.3. The van der Waals surface area contributed by atoms with E-state index >= 15 is 0 Å². The Morgan fingerprint density at radius 3 is 2.80 bits per heavy atom. The molecule has 110 valence electrons. The monoisotopic (exact) mass is 277 g/mol. The van der Waals surface area contributed by atoms with Crippen molar-refractivity contribution in [2.24, 2.45) is 0 Å². The molecule has 2 aromatic rings. The van der Waals surface area contributed by atoms with Gasteiger partial charge in [-0.05, 0) is 13.3 Å². The average Bonchev–Trinajstić information content (AvgIpc) is 2.91. The molecule has 0 aromatic carbocycles. The van der Waals surface area contributed by atoms with Gasteiger partial charge in [-0.1, -0.05) is 32.6 Å². The Morgan fingerprint density at radius 1 is 1.15 bits per heavy atom. The lowest BCUT2D eigenvalue weighted by Crippen LogP contribution is -2.06. The average molecular weight is 277 g/mol. The first-order chi connectivity index (χ1) is 9.85. The zero-order valence-corrected chi connectivity index (χ0v) is 12.3. The van der Waals surface area contributed by atoms with Crippen molar-refractivity contribution in [2.45, 2.75) is 46.0 Å². The number of nitrogens with zero attached hydrogens (tertiary/aromatic N) is 3. The highest BCUT2D eigenvalue weighted by Gasteiger charge is 2.10. The van der Waals surface area contributed by atoms with Crippen molar-refractivity contribution in [3.8, 4) is 5.88 Å². The van der Waals surface area contributed by atoms with Crippen LogP contribution in [0.1, 0.15) is 46.0 Å². The molecule has 0 aliphatic carbocycles. The summed E-state index contributed by atoms with van der Waals surface area (Å²) in [5.74, 6) is 1.15. The van der Waals surface area contributed by atoms with E-state index in [9.17, 15) is 0 Å². The quantitative estimate of drug-likeness (QED) is 0.689. The van der Waals surface area contributed by atoms with Crippen LogP contribution in [0.3, 0.4) is 0 Å². The Balaban J connectivity index is 1.95. The molecule has 0 bridgehead atoms. The fourth-order valence-electron chi connectivity index (χ4n) is 2.02. The predicted octanol–water partition coefficient (Wildman–Crippen LogP) is 3.13. The number of unbranched alkanes of at least 4 members (excludes halogenated alkanes) is 4. The molecule has 0 fully saturated rings. The highest BCUT2D eigenvalue weighted by atomic mass is 16.5. The number of ether oxygens (including phenoxy) is 1. The summed E-state index contributed by atoms with van der Waals surface area (Å²) < 4.78 is 5.78. The minimum Gasteiger partial charge on any atom is -0.476 e. The molecule has 0 saturated carbocycles. The van der Waals surface area contributed by atoms with Crippen LogP contribution in [0.5, 0.6) is 5.88 Å². The van der Waals surface area contributed by atoms with Gasteiger partial charge >= 0.3 is 0 Å². The first kappa shape index (κ1) is 14.6. The number of anilines is 1. The Labute approximate surface area is 119 Å². The van der Waals surface area contributed by atoms with Crippen LogP contribution >= 0.6 is 0 Å². The number of aromatic nitrogens is 4. The fraction of sp³-hybridized carbons (Fsp3) is 0.643. The number of nitrogens with one attached hydrogen (secondary N) is 2. The second kappa shape index (κ2) is 7.67. The molecule has 0 saturated heterocycles. The Bertz CT molecular complexity index is 525. The molecule has 0 aliphatic heterocycles. The molecule has 2 heterocycles. The largest absolute Gasteiger partial charge is 0.476 e. The van der Waals surface area contributed by atoms with Gasteiger partial charge in [0.1, 0.15) is 5.52 Å². The van der Waals surface area contributed by atoms with Gasteiger partial charge in [-0.25, -0.2) is 4.98 Å². The maximum Gasteiger partial charge on any atom is 0.245 e. The lowest BCUT2D eigenvalue weighted by Gasteiger charge is -2.08. The van der Waals surface area contributed by atoms with Gasteiger partial charge in [-0.15, -0.1) is 0 Å². The zero-order chi connectivity index (χ0) is 14.2. The molecule has 2 rings (SSSR count). The molecule has 2 aromatic heterocycles. The lowest BCUT2D eigenvalue weighted by molar-refractivity contribution is 0.296. The van der Waals surface area contributed by atoms with Crippen molar-refractivity contribution in [2.75, 3.05) is 18.5 Å². The first-order valence-electron chi connectivity index (χ1n) is 7.43. The lowest BCUT2D eigenvalue weighted by atomic mass is 10.2. The van der Waals surface area contributed by atoms with Crippen molar-refractivity contribution in [3.63, 3.8) is 0 Å². The number of aromatic amines is 1. The van der Waals surface area contributed by atoms with Gasteiger partial charge in [-0.3, -0.25) is 0 Å². The van der Waals surface area contributed by atoms with Crippen LogP contribution in [0.15, 0.2) is 6.33 Å². The third-order valence-electron chi connectivity index (χ3n) is 3.07. The maximum absolute atomic E-state index is 5.78. The van der Waals surface area contributed by atoms with Gasteiger partial charge < -0.3 is 15.0 Å². The van der Waals surface area contributed by atoms with Gasteiger partial charge in [0.05, 0.1) is 12.9 Å². The third kappa shape index (κ3) is 3.82. The summed E-state index contributed by atoms with van der Waals surface area (Å²) in [6.07, 6.45) is 7.69. The van der Waals surface area contributed by atoms with E-state index in [2.05, 4.69) is 32.2 Å². The maximum atomic E-state index is 5.78. The minimum atomic E-state index is 0.563. The van der Waals surface area contributed by atoms with E-state index in [0.717, 1.165) is 18.5 Å². The van der Waals surface area contributed by atoms with Crippen molar-refractivity contribution in [3.05, 3.63) is 6.33 Å². The Morgan fingerprint density at radius 2 is 2.00 bits per heavy atom. The van der Waals surface area contributed by atoms with Crippen LogP contribution in [-0.2, 0) is 0 Å². The van der Waals surface area contributed by atoms with Gasteiger partial charge in [0, 0.05) is 6.54 Å². The summed E-state index contributed by atoms with van der Waals surface area (Å²) in [6.45, 7) is 5.67. The summed E-state index contributed by atoms with van der Waals surface area (Å²) >= 11 is 0. The van der Waals surface area contributed by atoms with E-state index in [1.807, 2.05) is 6.92 Å².